The van der Waals surface area contributed by atoms with Gasteiger partial charge in [-0.2, -0.15) is 9.61 Å². The van der Waals surface area contributed by atoms with Crippen LogP contribution in [0.25, 0.3) is 5.65 Å². The number of carbonyl (C=O) groups is 1. The number of hydrogen-bond donors (Lipinski definition) is 1. The highest BCUT2D eigenvalue weighted by Crippen LogP contribution is 2.28. The summed E-state index contributed by atoms with van der Waals surface area (Å²) < 4.78 is 6.64. The number of rotatable bonds is 4. The van der Waals surface area contributed by atoms with Gasteiger partial charge in [0.05, 0.1) is 23.5 Å². The Hall–Kier alpha value is -2.60. The Morgan fingerprint density at radius 1 is 1.39 bits per heavy atom. The molecule has 0 atom stereocenters. The van der Waals surface area contributed by atoms with E-state index >= 15 is 0 Å². The van der Waals surface area contributed by atoms with Gasteiger partial charge in [-0.05, 0) is 31.5 Å². The van der Waals surface area contributed by atoms with Crippen molar-refractivity contribution >= 4 is 34.7 Å². The first kappa shape index (κ1) is 15.3. The summed E-state index contributed by atoms with van der Waals surface area (Å²) >= 11 is 6.24. The van der Waals surface area contributed by atoms with Crippen molar-refractivity contribution in [2.75, 3.05) is 11.9 Å². The SMILES string of the molecule is CCOC(=O)c1cnc2ccnn2c1Nc1cc(C)ccc1Cl. The fraction of sp³-hybridized carbons (Fsp3) is 0.188. The maximum absolute atomic E-state index is 12.2. The van der Waals surface area contributed by atoms with Gasteiger partial charge < -0.3 is 10.1 Å². The molecule has 3 aromatic rings. The fourth-order valence-corrected chi connectivity index (χ4v) is 2.38. The third-order valence-corrected chi connectivity index (χ3v) is 3.62. The van der Waals surface area contributed by atoms with Gasteiger partial charge in [0.1, 0.15) is 5.56 Å². The van der Waals surface area contributed by atoms with Crippen molar-refractivity contribution in [3.8, 4) is 0 Å². The van der Waals surface area contributed by atoms with Crippen LogP contribution in [0.3, 0.4) is 0 Å². The maximum atomic E-state index is 12.2. The molecule has 1 N–H and O–H groups in total. The van der Waals surface area contributed by atoms with Crippen LogP contribution < -0.4 is 5.32 Å². The van der Waals surface area contributed by atoms with Crippen LogP contribution in [0.4, 0.5) is 11.5 Å². The second kappa shape index (κ2) is 6.26. The van der Waals surface area contributed by atoms with E-state index in [0.717, 1.165) is 5.56 Å². The third-order valence-electron chi connectivity index (χ3n) is 3.29. The molecule has 0 saturated heterocycles. The predicted octanol–water partition coefficient (Wildman–Crippen LogP) is 3.61. The smallest absolute Gasteiger partial charge is 0.343 e. The summed E-state index contributed by atoms with van der Waals surface area (Å²) in [4.78, 5) is 16.4. The zero-order chi connectivity index (χ0) is 16.4. The molecule has 0 aliphatic rings. The van der Waals surface area contributed by atoms with Gasteiger partial charge in [0.25, 0.3) is 0 Å². The standard InChI is InChI=1S/C16H15ClN4O2/c1-3-23-16(22)11-9-18-14-6-7-19-21(14)15(11)20-13-8-10(2)4-5-12(13)17/h4-9,20H,3H2,1-2H3. The number of aryl methyl sites for hydroxylation is 1. The van der Waals surface area contributed by atoms with Gasteiger partial charge in [0.2, 0.25) is 0 Å². The van der Waals surface area contributed by atoms with E-state index in [4.69, 9.17) is 16.3 Å². The molecule has 118 valence electrons. The summed E-state index contributed by atoms with van der Waals surface area (Å²) in [6, 6.07) is 7.35. The van der Waals surface area contributed by atoms with E-state index < -0.39 is 5.97 Å². The van der Waals surface area contributed by atoms with E-state index in [1.54, 1.807) is 29.8 Å². The molecule has 6 nitrogen and oxygen atoms in total. The van der Waals surface area contributed by atoms with Gasteiger partial charge >= 0.3 is 5.97 Å². The molecule has 0 aliphatic heterocycles. The zero-order valence-electron chi connectivity index (χ0n) is 12.7. The van der Waals surface area contributed by atoms with Gasteiger partial charge in [-0.1, -0.05) is 17.7 Å². The molecule has 1 aromatic carbocycles. The monoisotopic (exact) mass is 330 g/mol. The number of nitrogens with zero attached hydrogens (tertiary/aromatic N) is 3. The van der Waals surface area contributed by atoms with E-state index in [9.17, 15) is 4.79 Å². The van der Waals surface area contributed by atoms with Gasteiger partial charge in [-0.15, -0.1) is 0 Å². The minimum Gasteiger partial charge on any atom is -0.462 e. The molecule has 0 saturated carbocycles. The molecule has 23 heavy (non-hydrogen) atoms. The lowest BCUT2D eigenvalue weighted by atomic mass is 10.2. The number of esters is 1. The molecule has 0 amide bonds. The number of anilines is 2. The first-order valence-corrected chi connectivity index (χ1v) is 7.51. The molecule has 7 heteroatoms. The molecule has 0 aliphatic carbocycles. The van der Waals surface area contributed by atoms with Gasteiger partial charge in [0, 0.05) is 12.3 Å². The van der Waals surface area contributed by atoms with Crippen LogP contribution in [0.15, 0.2) is 36.7 Å². The average Bonchev–Trinajstić information content (AvgIpc) is 3.00. The van der Waals surface area contributed by atoms with Crippen molar-refractivity contribution in [2.45, 2.75) is 13.8 Å². The molecule has 0 unspecified atom stereocenters. The number of nitrogens with one attached hydrogen (secondary N) is 1. The lowest BCUT2D eigenvalue weighted by Crippen LogP contribution is -2.13. The average molecular weight is 331 g/mol. The Balaban J connectivity index is 2.13. The van der Waals surface area contributed by atoms with Gasteiger partial charge in [0.15, 0.2) is 11.5 Å². The summed E-state index contributed by atoms with van der Waals surface area (Å²) in [5.74, 6) is -0.00498. The summed E-state index contributed by atoms with van der Waals surface area (Å²) in [5.41, 5.74) is 2.63. The Bertz CT molecular complexity index is 876. The predicted molar refractivity (Wildman–Crippen MR) is 88.4 cm³/mol. The molecule has 0 fully saturated rings. The number of carbonyl (C=O) groups excluding carboxylic acids is 1. The minimum atomic E-state index is -0.469. The molecule has 2 heterocycles. The Morgan fingerprint density at radius 3 is 3.00 bits per heavy atom. The molecule has 3 rings (SSSR count). The highest BCUT2D eigenvalue weighted by Gasteiger charge is 2.18. The van der Waals surface area contributed by atoms with Crippen LogP contribution in [0.2, 0.25) is 5.02 Å². The van der Waals surface area contributed by atoms with Crippen molar-refractivity contribution in [3.63, 3.8) is 0 Å². The van der Waals surface area contributed by atoms with Crippen molar-refractivity contribution in [1.82, 2.24) is 14.6 Å². The van der Waals surface area contributed by atoms with Crippen LogP contribution in [0.5, 0.6) is 0 Å². The summed E-state index contributed by atoms with van der Waals surface area (Å²) in [5, 5.41) is 7.93. The van der Waals surface area contributed by atoms with E-state index in [2.05, 4.69) is 15.4 Å². The summed E-state index contributed by atoms with van der Waals surface area (Å²) in [7, 11) is 0. The Kier molecular flexibility index (Phi) is 4.16. The largest absolute Gasteiger partial charge is 0.462 e. The highest BCUT2D eigenvalue weighted by atomic mass is 35.5. The van der Waals surface area contributed by atoms with E-state index in [1.165, 1.54) is 6.20 Å². The maximum Gasteiger partial charge on any atom is 0.343 e. The summed E-state index contributed by atoms with van der Waals surface area (Å²) in [6.07, 6.45) is 3.08. The van der Waals surface area contributed by atoms with Gasteiger partial charge in [-0.3, -0.25) is 0 Å². The molecule has 0 radical (unpaired) electrons. The number of aromatic nitrogens is 3. The van der Waals surface area contributed by atoms with Crippen molar-refractivity contribution in [2.24, 2.45) is 0 Å². The number of halogens is 1. The van der Waals surface area contributed by atoms with Crippen LogP contribution in [0.1, 0.15) is 22.8 Å². The lowest BCUT2D eigenvalue weighted by molar-refractivity contribution is 0.0526. The van der Waals surface area contributed by atoms with E-state index in [0.29, 0.717) is 27.7 Å². The Morgan fingerprint density at radius 2 is 2.22 bits per heavy atom. The molecular weight excluding hydrogens is 316 g/mol. The molecular formula is C16H15ClN4O2. The van der Waals surface area contributed by atoms with Crippen LogP contribution in [-0.2, 0) is 4.74 Å². The highest BCUT2D eigenvalue weighted by molar-refractivity contribution is 6.33. The number of hydrogen-bond acceptors (Lipinski definition) is 5. The topological polar surface area (TPSA) is 68.5 Å². The van der Waals surface area contributed by atoms with Crippen LogP contribution in [0, 0.1) is 6.92 Å². The van der Waals surface area contributed by atoms with Crippen molar-refractivity contribution in [3.05, 3.63) is 52.8 Å². The second-order valence-corrected chi connectivity index (χ2v) is 5.36. The Labute approximate surface area is 138 Å². The molecule has 2 aromatic heterocycles. The first-order valence-electron chi connectivity index (χ1n) is 7.13. The quantitative estimate of drug-likeness (QED) is 0.740. The summed E-state index contributed by atoms with van der Waals surface area (Å²) in [6.45, 7) is 3.99. The number of fused-ring (bicyclic) bond motifs is 1. The fourth-order valence-electron chi connectivity index (χ4n) is 2.21. The van der Waals surface area contributed by atoms with E-state index in [1.807, 2.05) is 19.1 Å². The number of benzene rings is 1. The zero-order valence-corrected chi connectivity index (χ0v) is 13.5. The van der Waals surface area contributed by atoms with Crippen molar-refractivity contribution in [1.29, 1.82) is 0 Å². The minimum absolute atomic E-state index is 0.278. The molecule has 0 spiro atoms. The first-order chi connectivity index (χ1) is 11.1. The van der Waals surface area contributed by atoms with Crippen LogP contribution in [-0.4, -0.2) is 27.2 Å². The van der Waals surface area contributed by atoms with Crippen LogP contribution >= 0.6 is 11.6 Å². The number of ether oxygens (including phenoxy) is 1. The van der Waals surface area contributed by atoms with Crippen molar-refractivity contribution < 1.29 is 9.53 Å². The third kappa shape index (κ3) is 2.98. The van der Waals surface area contributed by atoms with Gasteiger partial charge in [-0.25, -0.2) is 9.78 Å². The lowest BCUT2D eigenvalue weighted by Gasteiger charge is -2.14. The second-order valence-electron chi connectivity index (χ2n) is 4.95. The van der Waals surface area contributed by atoms with E-state index in [-0.39, 0.29) is 6.61 Å². The molecule has 0 bridgehead atoms. The normalized spacial score (nSPS) is 10.7.